The third-order valence-corrected chi connectivity index (χ3v) is 6.33. The highest BCUT2D eigenvalue weighted by Gasteiger charge is 2.20. The molecule has 0 saturated heterocycles. The lowest BCUT2D eigenvalue weighted by Crippen LogP contribution is -2.32. The van der Waals surface area contributed by atoms with E-state index in [1.165, 1.54) is 17.7 Å². The van der Waals surface area contributed by atoms with Crippen LogP contribution in [0, 0.1) is 0 Å². The van der Waals surface area contributed by atoms with Crippen LogP contribution in [0.3, 0.4) is 0 Å². The van der Waals surface area contributed by atoms with E-state index in [0.29, 0.717) is 18.5 Å². The molecule has 0 heterocycles. The van der Waals surface area contributed by atoms with Crippen molar-refractivity contribution in [3.63, 3.8) is 0 Å². The van der Waals surface area contributed by atoms with Crippen molar-refractivity contribution in [2.45, 2.75) is 49.5 Å². The molecule has 0 aromatic heterocycles. The third-order valence-electron chi connectivity index (χ3n) is 4.87. The molecule has 6 heteroatoms. The van der Waals surface area contributed by atoms with Crippen LogP contribution >= 0.6 is 0 Å². The zero-order chi connectivity index (χ0) is 19.1. The lowest BCUT2D eigenvalue weighted by Gasteiger charge is -2.13. The second-order valence-electron chi connectivity index (χ2n) is 6.97. The minimum Gasteiger partial charge on any atom is -0.349 e. The van der Waals surface area contributed by atoms with Gasteiger partial charge >= 0.3 is 0 Å². The van der Waals surface area contributed by atoms with E-state index in [0.717, 1.165) is 32.1 Å². The molecule has 27 heavy (non-hydrogen) atoms. The van der Waals surface area contributed by atoms with Crippen LogP contribution in [0.5, 0.6) is 0 Å². The van der Waals surface area contributed by atoms with Crippen molar-refractivity contribution >= 4 is 15.9 Å². The van der Waals surface area contributed by atoms with Gasteiger partial charge in [-0.05, 0) is 49.4 Å². The summed E-state index contributed by atoms with van der Waals surface area (Å²) in [5.74, 6) is -0.206. The topological polar surface area (TPSA) is 75.3 Å². The van der Waals surface area contributed by atoms with Gasteiger partial charge in [-0.3, -0.25) is 4.79 Å². The lowest BCUT2D eigenvalue weighted by molar-refractivity contribution is 0.0937. The van der Waals surface area contributed by atoms with E-state index in [1.54, 1.807) is 12.1 Å². The third kappa shape index (κ3) is 5.65. The summed E-state index contributed by atoms with van der Waals surface area (Å²) in [5.41, 5.74) is 1.57. The first-order valence-electron chi connectivity index (χ1n) is 9.49. The molecule has 0 atom stereocenters. The summed E-state index contributed by atoms with van der Waals surface area (Å²) < 4.78 is 27.7. The Hall–Kier alpha value is -2.18. The summed E-state index contributed by atoms with van der Waals surface area (Å²) in [6.07, 6.45) is 5.77. The molecule has 1 aliphatic carbocycles. The van der Waals surface area contributed by atoms with Gasteiger partial charge in [-0.25, -0.2) is 13.1 Å². The number of hydrogen-bond donors (Lipinski definition) is 2. The van der Waals surface area contributed by atoms with Crippen molar-refractivity contribution < 1.29 is 13.2 Å². The number of benzene rings is 2. The predicted octanol–water partition coefficient (Wildman–Crippen LogP) is 3.27. The largest absolute Gasteiger partial charge is 0.349 e. The van der Waals surface area contributed by atoms with Crippen molar-refractivity contribution in [1.29, 1.82) is 0 Å². The van der Waals surface area contributed by atoms with E-state index in [4.69, 9.17) is 0 Å². The second kappa shape index (κ2) is 9.15. The fraction of sp³-hybridized carbons (Fsp3) is 0.381. The van der Waals surface area contributed by atoms with Crippen molar-refractivity contribution in [2.75, 3.05) is 6.54 Å². The van der Waals surface area contributed by atoms with E-state index in [1.807, 2.05) is 30.3 Å². The van der Waals surface area contributed by atoms with Crippen molar-refractivity contribution in [2.24, 2.45) is 0 Å². The highest BCUT2D eigenvalue weighted by Crippen LogP contribution is 2.19. The van der Waals surface area contributed by atoms with Gasteiger partial charge < -0.3 is 5.32 Å². The van der Waals surface area contributed by atoms with Crippen LogP contribution < -0.4 is 10.0 Å². The molecule has 2 aromatic carbocycles. The van der Waals surface area contributed by atoms with Crippen LogP contribution in [0.2, 0.25) is 0 Å². The summed E-state index contributed by atoms with van der Waals surface area (Å²) in [6, 6.07) is 16.4. The molecule has 0 aliphatic heterocycles. The Kier molecular flexibility index (Phi) is 6.63. The molecule has 2 aromatic rings. The maximum atomic E-state index is 12.5. The van der Waals surface area contributed by atoms with Crippen LogP contribution in [-0.4, -0.2) is 26.9 Å². The number of rotatable bonds is 8. The summed E-state index contributed by atoms with van der Waals surface area (Å²) in [4.78, 5) is 12.5. The highest BCUT2D eigenvalue weighted by molar-refractivity contribution is 7.89. The molecule has 0 bridgehead atoms. The average Bonchev–Trinajstić information content (AvgIpc) is 3.19. The maximum absolute atomic E-state index is 12.5. The first-order chi connectivity index (χ1) is 13.0. The first-order valence-corrected chi connectivity index (χ1v) is 11.0. The van der Waals surface area contributed by atoms with Gasteiger partial charge in [0.15, 0.2) is 0 Å². The summed E-state index contributed by atoms with van der Waals surface area (Å²) in [5, 5.41) is 2.99. The van der Waals surface area contributed by atoms with E-state index < -0.39 is 10.0 Å². The van der Waals surface area contributed by atoms with Gasteiger partial charge in [0.1, 0.15) is 0 Å². The van der Waals surface area contributed by atoms with E-state index in [-0.39, 0.29) is 16.8 Å². The van der Waals surface area contributed by atoms with Crippen molar-refractivity contribution in [3.05, 3.63) is 65.7 Å². The number of sulfonamides is 1. The summed E-state index contributed by atoms with van der Waals surface area (Å²) in [7, 11) is -3.63. The first kappa shape index (κ1) is 19.6. The standard InChI is InChI=1S/C21H26N2O3S/c24-21(23-19-12-4-5-13-19)18-11-6-14-20(16-18)27(25,26)22-15-7-10-17-8-2-1-3-9-17/h1-3,6,8-9,11,14,16,19,22H,4-5,7,10,12-13,15H2,(H,23,24). The number of nitrogens with one attached hydrogen (secondary N) is 2. The van der Waals surface area contributed by atoms with Crippen molar-refractivity contribution in [1.82, 2.24) is 10.0 Å². The Morgan fingerprint density at radius 1 is 1.00 bits per heavy atom. The summed E-state index contributed by atoms with van der Waals surface area (Å²) >= 11 is 0. The Morgan fingerprint density at radius 3 is 2.48 bits per heavy atom. The Morgan fingerprint density at radius 2 is 1.74 bits per heavy atom. The van der Waals surface area contributed by atoms with Gasteiger partial charge in [-0.2, -0.15) is 0 Å². The highest BCUT2D eigenvalue weighted by atomic mass is 32.2. The zero-order valence-corrected chi connectivity index (χ0v) is 16.2. The molecule has 2 N–H and O–H groups in total. The normalized spacial score (nSPS) is 15.0. The molecule has 0 unspecified atom stereocenters. The maximum Gasteiger partial charge on any atom is 0.251 e. The van der Waals surface area contributed by atoms with Crippen LogP contribution in [0.4, 0.5) is 0 Å². The molecule has 0 radical (unpaired) electrons. The van der Waals surface area contributed by atoms with E-state index in [9.17, 15) is 13.2 Å². The molecule has 1 saturated carbocycles. The number of amides is 1. The lowest BCUT2D eigenvalue weighted by atomic mass is 10.1. The minimum atomic E-state index is -3.63. The minimum absolute atomic E-state index is 0.126. The Balaban J connectivity index is 1.56. The van der Waals surface area contributed by atoms with Gasteiger partial charge in [0.25, 0.3) is 5.91 Å². The average molecular weight is 387 g/mol. The van der Waals surface area contributed by atoms with Gasteiger partial charge in [0.2, 0.25) is 10.0 Å². The molecule has 1 aliphatic rings. The van der Waals surface area contributed by atoms with Crippen LogP contribution in [0.1, 0.15) is 48.0 Å². The van der Waals surface area contributed by atoms with Gasteiger partial charge in [0.05, 0.1) is 4.90 Å². The Labute approximate surface area is 161 Å². The number of carbonyl (C=O) groups is 1. The molecular weight excluding hydrogens is 360 g/mol. The number of aryl methyl sites for hydroxylation is 1. The van der Waals surface area contributed by atoms with Gasteiger partial charge in [0, 0.05) is 18.2 Å². The van der Waals surface area contributed by atoms with Crippen molar-refractivity contribution in [3.8, 4) is 0 Å². The molecule has 3 rings (SSSR count). The van der Waals surface area contributed by atoms with E-state index in [2.05, 4.69) is 10.0 Å². The van der Waals surface area contributed by atoms with Crippen LogP contribution in [0.15, 0.2) is 59.5 Å². The number of hydrogen-bond acceptors (Lipinski definition) is 3. The monoisotopic (exact) mass is 386 g/mol. The van der Waals surface area contributed by atoms with E-state index >= 15 is 0 Å². The fourth-order valence-corrected chi connectivity index (χ4v) is 4.49. The molecule has 5 nitrogen and oxygen atoms in total. The van der Waals surface area contributed by atoms with Crippen LogP contribution in [0.25, 0.3) is 0 Å². The summed E-state index contributed by atoms with van der Waals surface area (Å²) in [6.45, 7) is 0.357. The fourth-order valence-electron chi connectivity index (χ4n) is 3.37. The molecule has 0 spiro atoms. The molecule has 1 amide bonds. The Bertz CT molecular complexity index is 860. The smallest absolute Gasteiger partial charge is 0.251 e. The molecular formula is C21H26N2O3S. The quantitative estimate of drug-likeness (QED) is 0.684. The number of carbonyl (C=O) groups excluding carboxylic acids is 1. The predicted molar refractivity (Wildman–Crippen MR) is 106 cm³/mol. The second-order valence-corrected chi connectivity index (χ2v) is 8.74. The van der Waals surface area contributed by atoms with Gasteiger partial charge in [-0.15, -0.1) is 0 Å². The molecule has 1 fully saturated rings. The zero-order valence-electron chi connectivity index (χ0n) is 15.4. The molecule has 144 valence electrons. The van der Waals surface area contributed by atoms with Gasteiger partial charge in [-0.1, -0.05) is 49.2 Å². The SMILES string of the molecule is O=C(NC1CCCC1)c1cccc(S(=O)(=O)NCCCc2ccccc2)c1. The van der Waals surface area contributed by atoms with Crippen LogP contribution in [-0.2, 0) is 16.4 Å².